The Morgan fingerprint density at radius 2 is 0.508 bits per heavy atom. The summed E-state index contributed by atoms with van der Waals surface area (Å²) in [6.45, 7) is 0. The molecule has 0 saturated carbocycles. The van der Waals surface area contributed by atoms with Gasteiger partial charge in [0, 0.05) is 34.1 Å². The minimum atomic E-state index is 0.957. The Kier molecular flexibility index (Phi) is 11.3. The maximum absolute atomic E-state index is 2.34. The van der Waals surface area contributed by atoms with Crippen molar-refractivity contribution in [2.24, 2.45) is 0 Å². The molecule has 0 aromatic heterocycles. The summed E-state index contributed by atoms with van der Waals surface area (Å²) in [6, 6.07) is 85.0. The molecule has 0 amide bonds. The molecule has 0 fully saturated rings. The van der Waals surface area contributed by atoms with Crippen LogP contribution < -0.4 is 9.80 Å². The van der Waals surface area contributed by atoms with Crippen molar-refractivity contribution in [1.29, 1.82) is 0 Å². The van der Waals surface area contributed by atoms with Gasteiger partial charge in [0.15, 0.2) is 0 Å². The fourth-order valence-corrected chi connectivity index (χ4v) is 8.37. The first-order chi connectivity index (χ1) is 31.2. The van der Waals surface area contributed by atoms with Crippen molar-refractivity contribution in [2.75, 3.05) is 9.80 Å². The fraction of sp³-hybridized carbons (Fsp3) is 0.0164. The van der Waals surface area contributed by atoms with Gasteiger partial charge in [0.05, 0.1) is 0 Å². The number of allylic oxidation sites excluding steroid dienone is 6. The molecule has 9 aromatic rings. The van der Waals surface area contributed by atoms with Gasteiger partial charge in [0.25, 0.3) is 0 Å². The monoisotopic (exact) mass is 806 g/mol. The van der Waals surface area contributed by atoms with E-state index in [1.165, 1.54) is 44.5 Å². The number of nitrogens with zero attached hydrogens (tertiary/aromatic N) is 2. The lowest BCUT2D eigenvalue weighted by Gasteiger charge is -2.26. The first-order valence-corrected chi connectivity index (χ1v) is 21.6. The molecular formula is C61H46N2. The molecule has 2 nitrogen and oxygen atoms in total. The van der Waals surface area contributed by atoms with E-state index in [0.29, 0.717) is 0 Å². The van der Waals surface area contributed by atoms with Gasteiger partial charge in [-0.3, -0.25) is 0 Å². The van der Waals surface area contributed by atoms with Crippen LogP contribution in [0.3, 0.4) is 0 Å². The first-order valence-electron chi connectivity index (χ1n) is 21.6. The first kappa shape index (κ1) is 39.0. The van der Waals surface area contributed by atoms with Gasteiger partial charge in [0.2, 0.25) is 0 Å². The van der Waals surface area contributed by atoms with Gasteiger partial charge >= 0.3 is 0 Å². The highest BCUT2D eigenvalue weighted by molar-refractivity contribution is 5.84. The zero-order chi connectivity index (χ0) is 42.2. The maximum atomic E-state index is 2.34. The van der Waals surface area contributed by atoms with Gasteiger partial charge in [-0.1, -0.05) is 194 Å². The standard InChI is InChI=1S/C61H46N2/c1-2-7-15-47(14-6-1)51-26-36-59(37-27-51)63(60-38-28-52(29-39-60)48-18-10-4-11-19-48)61-44-34-55(35-45-61)54-32-42-58(43-33-54)62(56-20-12-5-13-21-56)57-40-30-53(31-41-57)50-24-22-49(23-25-50)46-16-8-3-9-17-46/h1,3-45H,2H2. The summed E-state index contributed by atoms with van der Waals surface area (Å²) in [4.78, 5) is 4.66. The summed E-state index contributed by atoms with van der Waals surface area (Å²) in [6.07, 6.45) is 11.9. The van der Waals surface area contributed by atoms with E-state index in [0.717, 1.165) is 51.7 Å². The second-order valence-corrected chi connectivity index (χ2v) is 15.7. The zero-order valence-electron chi connectivity index (χ0n) is 35.0. The molecule has 0 atom stereocenters. The normalized spacial score (nSPS) is 12.0. The van der Waals surface area contributed by atoms with Crippen molar-refractivity contribution in [3.8, 4) is 44.5 Å². The molecule has 0 spiro atoms. The van der Waals surface area contributed by atoms with E-state index in [1.54, 1.807) is 0 Å². The van der Waals surface area contributed by atoms with Crippen molar-refractivity contribution >= 4 is 39.7 Å². The summed E-state index contributed by atoms with van der Waals surface area (Å²) in [5.41, 5.74) is 18.6. The van der Waals surface area contributed by atoms with Gasteiger partial charge in [-0.25, -0.2) is 0 Å². The smallest absolute Gasteiger partial charge is 0.0462 e. The molecule has 0 radical (unpaired) electrons. The van der Waals surface area contributed by atoms with Crippen LogP contribution in [0.5, 0.6) is 0 Å². The summed E-state index contributed by atoms with van der Waals surface area (Å²) in [5.74, 6) is 0. The van der Waals surface area contributed by atoms with E-state index < -0.39 is 0 Å². The van der Waals surface area contributed by atoms with Crippen molar-refractivity contribution in [3.63, 3.8) is 0 Å². The summed E-state index contributed by atoms with van der Waals surface area (Å²) >= 11 is 0. The Morgan fingerprint density at radius 1 is 0.238 bits per heavy atom. The second-order valence-electron chi connectivity index (χ2n) is 15.7. The number of rotatable bonds is 11. The van der Waals surface area contributed by atoms with Crippen molar-refractivity contribution < 1.29 is 0 Å². The fourth-order valence-electron chi connectivity index (χ4n) is 8.37. The van der Waals surface area contributed by atoms with E-state index in [1.807, 2.05) is 0 Å². The van der Waals surface area contributed by atoms with Gasteiger partial charge in [-0.2, -0.15) is 0 Å². The molecule has 1 aliphatic rings. The molecule has 0 unspecified atom stereocenters. The van der Waals surface area contributed by atoms with Gasteiger partial charge in [-0.05, 0) is 135 Å². The Bertz CT molecular complexity index is 2980. The van der Waals surface area contributed by atoms with Crippen LogP contribution in [-0.2, 0) is 0 Å². The number of anilines is 6. The molecule has 0 heterocycles. The third kappa shape index (κ3) is 8.70. The third-order valence-corrected chi connectivity index (χ3v) is 11.7. The Hall–Kier alpha value is -8.20. The molecule has 1 aliphatic carbocycles. The molecule has 10 rings (SSSR count). The van der Waals surface area contributed by atoms with Crippen LogP contribution in [0.4, 0.5) is 34.1 Å². The minimum Gasteiger partial charge on any atom is -0.311 e. The predicted molar refractivity (Wildman–Crippen MR) is 268 cm³/mol. The molecule has 63 heavy (non-hydrogen) atoms. The van der Waals surface area contributed by atoms with Crippen LogP contribution in [0.1, 0.15) is 12.0 Å². The molecule has 0 aliphatic heterocycles. The minimum absolute atomic E-state index is 0.957. The number of benzene rings is 9. The van der Waals surface area contributed by atoms with E-state index >= 15 is 0 Å². The largest absolute Gasteiger partial charge is 0.311 e. The lowest BCUT2D eigenvalue weighted by Crippen LogP contribution is -2.10. The summed E-state index contributed by atoms with van der Waals surface area (Å²) < 4.78 is 0. The average Bonchev–Trinajstić information content (AvgIpc) is 3.66. The Balaban J connectivity index is 0.922. The lowest BCUT2D eigenvalue weighted by atomic mass is 10.00. The van der Waals surface area contributed by atoms with Crippen LogP contribution in [0.25, 0.3) is 50.1 Å². The average molecular weight is 807 g/mol. The van der Waals surface area contributed by atoms with Gasteiger partial charge in [0.1, 0.15) is 0 Å². The van der Waals surface area contributed by atoms with Gasteiger partial charge in [-0.15, -0.1) is 0 Å². The van der Waals surface area contributed by atoms with E-state index in [-0.39, 0.29) is 0 Å². The molecule has 2 heteroatoms. The Morgan fingerprint density at radius 3 is 0.857 bits per heavy atom. The van der Waals surface area contributed by atoms with Crippen LogP contribution >= 0.6 is 0 Å². The topological polar surface area (TPSA) is 6.48 Å². The summed E-state index contributed by atoms with van der Waals surface area (Å²) in [7, 11) is 0. The van der Waals surface area contributed by atoms with Crippen molar-refractivity contribution in [3.05, 3.63) is 273 Å². The highest BCUT2D eigenvalue weighted by atomic mass is 15.1. The zero-order valence-corrected chi connectivity index (χ0v) is 35.0. The number of hydrogen-bond acceptors (Lipinski definition) is 2. The number of para-hydroxylation sites is 1. The SMILES string of the molecule is C1=CCC=CC(c2ccc(N(c3ccc(-c4ccccc4)cc3)c3ccc(-c4ccc(N(c5ccccc5)c5ccc(-c6ccc(-c7ccccc7)cc6)cc5)cc4)cc3)cc2)=C1. The highest BCUT2D eigenvalue weighted by Gasteiger charge is 2.16. The van der Waals surface area contributed by atoms with Crippen molar-refractivity contribution in [1.82, 2.24) is 0 Å². The maximum Gasteiger partial charge on any atom is 0.0462 e. The van der Waals surface area contributed by atoms with Gasteiger partial charge < -0.3 is 9.80 Å². The van der Waals surface area contributed by atoms with Crippen molar-refractivity contribution in [2.45, 2.75) is 6.42 Å². The lowest BCUT2D eigenvalue weighted by molar-refractivity contribution is 1.28. The van der Waals surface area contributed by atoms with E-state index in [9.17, 15) is 0 Å². The van der Waals surface area contributed by atoms with E-state index in [2.05, 4.69) is 277 Å². The van der Waals surface area contributed by atoms with Crippen LogP contribution in [0.2, 0.25) is 0 Å². The molecule has 0 saturated heterocycles. The third-order valence-electron chi connectivity index (χ3n) is 11.7. The number of hydrogen-bond donors (Lipinski definition) is 0. The molecular weight excluding hydrogens is 761 g/mol. The predicted octanol–water partition coefficient (Wildman–Crippen LogP) is 17.2. The van der Waals surface area contributed by atoms with Crippen LogP contribution in [-0.4, -0.2) is 0 Å². The molecule has 0 bridgehead atoms. The molecule has 0 N–H and O–H groups in total. The summed E-state index contributed by atoms with van der Waals surface area (Å²) in [5, 5.41) is 0. The molecule has 9 aromatic carbocycles. The Labute approximate surface area is 371 Å². The highest BCUT2D eigenvalue weighted by Crippen LogP contribution is 2.40. The van der Waals surface area contributed by atoms with E-state index in [4.69, 9.17) is 0 Å². The second kappa shape index (κ2) is 18.2. The van der Waals surface area contributed by atoms with Crippen LogP contribution in [0, 0.1) is 0 Å². The molecule has 300 valence electrons. The quantitative estimate of drug-likeness (QED) is 0.128. The van der Waals surface area contributed by atoms with Crippen LogP contribution in [0.15, 0.2) is 267 Å².